The van der Waals surface area contributed by atoms with Gasteiger partial charge in [-0.15, -0.1) is 0 Å². The van der Waals surface area contributed by atoms with Gasteiger partial charge in [-0.1, -0.05) is 0 Å². The summed E-state index contributed by atoms with van der Waals surface area (Å²) in [5, 5.41) is 0. The van der Waals surface area contributed by atoms with Gasteiger partial charge in [-0.3, -0.25) is 4.79 Å². The summed E-state index contributed by atoms with van der Waals surface area (Å²) in [6, 6.07) is 2.32. The van der Waals surface area contributed by atoms with E-state index < -0.39 is 23.3 Å². The van der Waals surface area contributed by atoms with Crippen LogP contribution < -0.4 is 4.74 Å². The maximum Gasteiger partial charge on any atom is 0.420 e. The molecule has 0 aliphatic heterocycles. The van der Waals surface area contributed by atoms with Gasteiger partial charge in [0.1, 0.15) is 5.75 Å². The molecule has 16 heavy (non-hydrogen) atoms. The minimum Gasteiger partial charge on any atom is -0.495 e. The molecule has 0 fully saturated rings. The Kier molecular flexibility index (Phi) is 3.82. The van der Waals surface area contributed by atoms with E-state index in [0.717, 1.165) is 13.2 Å². The summed E-state index contributed by atoms with van der Waals surface area (Å²) >= 11 is 1.73. The van der Waals surface area contributed by atoms with Gasteiger partial charge in [0.05, 0.1) is 18.2 Å². The quantitative estimate of drug-likeness (QED) is 0.606. The summed E-state index contributed by atoms with van der Waals surface area (Å²) in [6.07, 6.45) is -4.53. The molecular weight excluding hydrogens is 336 g/mol. The van der Waals surface area contributed by atoms with Gasteiger partial charge in [0.25, 0.3) is 0 Å². The van der Waals surface area contributed by atoms with Crippen LogP contribution in [0.3, 0.4) is 0 Å². The lowest BCUT2D eigenvalue weighted by Crippen LogP contribution is -2.11. The molecule has 0 unspecified atom stereocenters. The number of hydrogen-bond acceptors (Lipinski definition) is 2. The van der Waals surface area contributed by atoms with Gasteiger partial charge in [-0.05, 0) is 41.6 Å². The Hall–Kier alpha value is -0.790. The molecule has 0 spiro atoms. The molecular formula is C10H8F3IO2. The number of carbonyl (C=O) groups is 1. The molecule has 0 bridgehead atoms. The number of ether oxygens (including phenoxy) is 1. The molecule has 0 aliphatic rings. The van der Waals surface area contributed by atoms with E-state index in [4.69, 9.17) is 0 Å². The van der Waals surface area contributed by atoms with Crippen molar-refractivity contribution < 1.29 is 22.7 Å². The first-order valence-corrected chi connectivity index (χ1v) is 5.31. The molecule has 0 saturated heterocycles. The number of rotatable bonds is 2. The second-order valence-electron chi connectivity index (χ2n) is 3.09. The van der Waals surface area contributed by atoms with Gasteiger partial charge in [-0.2, -0.15) is 13.2 Å². The van der Waals surface area contributed by atoms with Crippen LogP contribution in [0.1, 0.15) is 22.8 Å². The number of methoxy groups -OCH3 is 1. The minimum atomic E-state index is -4.53. The van der Waals surface area contributed by atoms with E-state index in [0.29, 0.717) is 3.57 Å². The zero-order chi connectivity index (χ0) is 12.5. The van der Waals surface area contributed by atoms with Gasteiger partial charge < -0.3 is 4.74 Å². The van der Waals surface area contributed by atoms with Crippen LogP contribution in [0, 0.1) is 3.57 Å². The van der Waals surface area contributed by atoms with Crippen LogP contribution in [0.5, 0.6) is 5.75 Å². The summed E-state index contributed by atoms with van der Waals surface area (Å²) < 4.78 is 43.0. The predicted molar refractivity (Wildman–Crippen MR) is 60.7 cm³/mol. The molecule has 2 nitrogen and oxygen atoms in total. The van der Waals surface area contributed by atoms with Gasteiger partial charge >= 0.3 is 6.18 Å². The third kappa shape index (κ3) is 2.66. The average molecular weight is 344 g/mol. The van der Waals surface area contributed by atoms with E-state index in [-0.39, 0.29) is 5.56 Å². The summed E-state index contributed by atoms with van der Waals surface area (Å²) in [6.45, 7) is 1.20. The lowest BCUT2D eigenvalue weighted by molar-refractivity contribution is -0.138. The van der Waals surface area contributed by atoms with Gasteiger partial charge in [0.15, 0.2) is 5.78 Å². The molecule has 0 radical (unpaired) electrons. The first-order chi connectivity index (χ1) is 7.27. The molecule has 0 atom stereocenters. The highest BCUT2D eigenvalue weighted by molar-refractivity contribution is 14.1. The largest absolute Gasteiger partial charge is 0.495 e. The molecule has 1 rings (SSSR count). The fraction of sp³-hybridized carbons (Fsp3) is 0.300. The van der Waals surface area contributed by atoms with Crippen molar-refractivity contribution in [1.82, 2.24) is 0 Å². The van der Waals surface area contributed by atoms with Crippen LogP contribution in [0.25, 0.3) is 0 Å². The molecule has 0 heterocycles. The number of ketones is 1. The van der Waals surface area contributed by atoms with E-state index in [1.165, 1.54) is 13.0 Å². The summed E-state index contributed by atoms with van der Waals surface area (Å²) in [5.41, 5.74) is -0.978. The maximum atomic E-state index is 12.7. The third-order valence-electron chi connectivity index (χ3n) is 1.94. The van der Waals surface area contributed by atoms with E-state index in [9.17, 15) is 18.0 Å². The minimum absolute atomic E-state index is 0.0540. The number of halogens is 4. The Morgan fingerprint density at radius 3 is 2.31 bits per heavy atom. The number of alkyl halides is 3. The Morgan fingerprint density at radius 2 is 1.94 bits per heavy atom. The van der Waals surface area contributed by atoms with Gasteiger partial charge in [-0.25, -0.2) is 0 Å². The van der Waals surface area contributed by atoms with Crippen molar-refractivity contribution in [1.29, 1.82) is 0 Å². The van der Waals surface area contributed by atoms with Crippen molar-refractivity contribution in [3.63, 3.8) is 0 Å². The lowest BCUT2D eigenvalue weighted by Gasteiger charge is -2.15. The van der Waals surface area contributed by atoms with Crippen LogP contribution in [-0.4, -0.2) is 12.9 Å². The van der Waals surface area contributed by atoms with Crippen molar-refractivity contribution in [2.75, 3.05) is 7.11 Å². The maximum absolute atomic E-state index is 12.7. The predicted octanol–water partition coefficient (Wildman–Crippen LogP) is 3.52. The molecule has 0 amide bonds. The Labute approximate surface area is 104 Å². The smallest absolute Gasteiger partial charge is 0.420 e. The fourth-order valence-electron chi connectivity index (χ4n) is 1.29. The highest BCUT2D eigenvalue weighted by Gasteiger charge is 2.36. The Balaban J connectivity index is 3.55. The molecule has 0 aliphatic carbocycles. The van der Waals surface area contributed by atoms with Crippen molar-refractivity contribution >= 4 is 28.4 Å². The monoisotopic (exact) mass is 344 g/mol. The first-order valence-electron chi connectivity index (χ1n) is 4.23. The van der Waals surface area contributed by atoms with E-state index in [2.05, 4.69) is 4.74 Å². The SMILES string of the molecule is COc1c(C(C)=O)cc(I)cc1C(F)(F)F. The van der Waals surface area contributed by atoms with Crippen molar-refractivity contribution in [2.45, 2.75) is 13.1 Å². The normalized spacial score (nSPS) is 11.4. The topological polar surface area (TPSA) is 26.3 Å². The number of carbonyl (C=O) groups excluding carboxylic acids is 1. The summed E-state index contributed by atoms with van der Waals surface area (Å²) in [4.78, 5) is 11.2. The number of benzene rings is 1. The third-order valence-corrected chi connectivity index (χ3v) is 2.57. The van der Waals surface area contributed by atoms with Crippen LogP contribution in [0.2, 0.25) is 0 Å². The van der Waals surface area contributed by atoms with Crippen molar-refractivity contribution in [3.8, 4) is 5.75 Å². The summed E-state index contributed by atoms with van der Waals surface area (Å²) in [7, 11) is 1.11. The summed E-state index contributed by atoms with van der Waals surface area (Å²) in [5.74, 6) is -0.874. The van der Waals surface area contributed by atoms with Crippen molar-refractivity contribution in [2.24, 2.45) is 0 Å². The average Bonchev–Trinajstić information content (AvgIpc) is 2.14. The van der Waals surface area contributed by atoms with Crippen LogP contribution in [0.4, 0.5) is 13.2 Å². The fourth-order valence-corrected chi connectivity index (χ4v) is 1.91. The molecule has 1 aromatic carbocycles. The van der Waals surface area contributed by atoms with Crippen LogP contribution >= 0.6 is 22.6 Å². The lowest BCUT2D eigenvalue weighted by atomic mass is 10.1. The first kappa shape index (κ1) is 13.3. The molecule has 1 aromatic rings. The van der Waals surface area contributed by atoms with E-state index in [1.807, 2.05) is 0 Å². The van der Waals surface area contributed by atoms with E-state index in [1.54, 1.807) is 22.6 Å². The molecule has 6 heteroatoms. The highest BCUT2D eigenvalue weighted by atomic mass is 127. The van der Waals surface area contributed by atoms with Gasteiger partial charge in [0.2, 0.25) is 0 Å². The number of hydrogen-bond donors (Lipinski definition) is 0. The van der Waals surface area contributed by atoms with E-state index >= 15 is 0 Å². The molecule has 88 valence electrons. The Bertz CT molecular complexity index is 427. The molecule has 0 saturated carbocycles. The zero-order valence-corrected chi connectivity index (χ0v) is 10.6. The van der Waals surface area contributed by atoms with Crippen LogP contribution in [-0.2, 0) is 6.18 Å². The Morgan fingerprint density at radius 1 is 1.38 bits per heavy atom. The number of Topliss-reactive ketones (excluding diaryl/α,β-unsaturated/α-hetero) is 1. The zero-order valence-electron chi connectivity index (χ0n) is 8.48. The second kappa shape index (κ2) is 4.60. The van der Waals surface area contributed by atoms with Crippen molar-refractivity contribution in [3.05, 3.63) is 26.8 Å². The second-order valence-corrected chi connectivity index (χ2v) is 4.33. The highest BCUT2D eigenvalue weighted by Crippen LogP contribution is 2.39. The standard InChI is InChI=1S/C10H8F3IO2/c1-5(15)7-3-6(14)4-8(9(7)16-2)10(11,12)13/h3-4H,1-2H3. The molecule has 0 aromatic heterocycles. The van der Waals surface area contributed by atoms with Crippen LogP contribution in [0.15, 0.2) is 12.1 Å². The molecule has 0 N–H and O–H groups in total. The van der Waals surface area contributed by atoms with Gasteiger partial charge in [0, 0.05) is 3.57 Å².